The zero-order valence-electron chi connectivity index (χ0n) is 14.2. The van der Waals surface area contributed by atoms with Crippen LogP contribution in [0.15, 0.2) is 12.1 Å². The summed E-state index contributed by atoms with van der Waals surface area (Å²) in [5.41, 5.74) is 2.83. The summed E-state index contributed by atoms with van der Waals surface area (Å²) in [6.07, 6.45) is 0.922. The van der Waals surface area contributed by atoms with E-state index in [1.54, 1.807) is 0 Å². The molecule has 2 aromatic heterocycles. The Morgan fingerprint density at radius 1 is 1.17 bits per heavy atom. The molecule has 1 unspecified atom stereocenters. The fourth-order valence-corrected chi connectivity index (χ4v) is 4.54. The molecule has 7 heteroatoms. The quantitative estimate of drug-likeness (QED) is 0.830. The third-order valence-electron chi connectivity index (χ3n) is 4.84. The molecule has 2 aliphatic rings. The molecule has 0 N–H and O–H groups in total. The molecule has 0 spiro atoms. The Hall–Kier alpha value is -1.76. The SMILES string of the molecule is Cc1cc(N2CCC(C(=O)N3CCSCC3)C2)n2nc(C)cc2n1. The van der Waals surface area contributed by atoms with E-state index in [9.17, 15) is 4.79 Å². The first kappa shape index (κ1) is 15.7. The van der Waals surface area contributed by atoms with Crippen molar-refractivity contribution in [3.8, 4) is 0 Å². The Morgan fingerprint density at radius 2 is 1.96 bits per heavy atom. The summed E-state index contributed by atoms with van der Waals surface area (Å²) < 4.78 is 1.91. The lowest BCUT2D eigenvalue weighted by Gasteiger charge is -2.29. The van der Waals surface area contributed by atoms with E-state index < -0.39 is 0 Å². The summed E-state index contributed by atoms with van der Waals surface area (Å²) >= 11 is 1.94. The van der Waals surface area contributed by atoms with E-state index in [-0.39, 0.29) is 5.92 Å². The Balaban J connectivity index is 1.55. The van der Waals surface area contributed by atoms with Gasteiger partial charge < -0.3 is 9.80 Å². The third-order valence-corrected chi connectivity index (χ3v) is 5.79. The average molecular weight is 345 g/mol. The molecular weight excluding hydrogens is 322 g/mol. The Bertz CT molecular complexity index is 768. The van der Waals surface area contributed by atoms with Crippen LogP contribution in [0.2, 0.25) is 0 Å². The zero-order chi connectivity index (χ0) is 16.7. The first-order chi connectivity index (χ1) is 11.6. The molecule has 4 heterocycles. The van der Waals surface area contributed by atoms with Gasteiger partial charge in [0.15, 0.2) is 5.65 Å². The minimum Gasteiger partial charge on any atom is -0.356 e. The van der Waals surface area contributed by atoms with E-state index in [2.05, 4.69) is 25.9 Å². The van der Waals surface area contributed by atoms with Gasteiger partial charge in [0.05, 0.1) is 11.6 Å². The molecule has 1 amide bonds. The van der Waals surface area contributed by atoms with Crippen LogP contribution in [0.5, 0.6) is 0 Å². The summed E-state index contributed by atoms with van der Waals surface area (Å²) in [4.78, 5) is 21.7. The normalized spacial score (nSPS) is 21.7. The number of carbonyl (C=O) groups excluding carboxylic acids is 1. The Morgan fingerprint density at radius 3 is 2.75 bits per heavy atom. The fourth-order valence-electron chi connectivity index (χ4n) is 3.63. The second-order valence-corrected chi connectivity index (χ2v) is 7.91. The number of carbonyl (C=O) groups is 1. The standard InChI is InChI=1S/C17H23N5OS/c1-12-10-16(22-15(18-12)9-13(2)19-22)21-4-3-14(11-21)17(23)20-5-7-24-8-6-20/h9-10,14H,3-8,11H2,1-2H3. The van der Waals surface area contributed by atoms with Gasteiger partial charge in [0.25, 0.3) is 0 Å². The minimum atomic E-state index is 0.105. The maximum atomic E-state index is 12.8. The summed E-state index contributed by atoms with van der Waals surface area (Å²) in [5.74, 6) is 3.62. The van der Waals surface area contributed by atoms with Crippen molar-refractivity contribution < 1.29 is 4.79 Å². The second kappa shape index (κ2) is 6.27. The van der Waals surface area contributed by atoms with Gasteiger partial charge in [-0.1, -0.05) is 0 Å². The van der Waals surface area contributed by atoms with Crippen molar-refractivity contribution in [3.63, 3.8) is 0 Å². The van der Waals surface area contributed by atoms with Crippen LogP contribution < -0.4 is 4.90 Å². The number of hydrogen-bond donors (Lipinski definition) is 0. The number of aryl methyl sites for hydroxylation is 2. The van der Waals surface area contributed by atoms with Crippen molar-refractivity contribution in [2.24, 2.45) is 5.92 Å². The highest BCUT2D eigenvalue weighted by Crippen LogP contribution is 2.27. The lowest BCUT2D eigenvalue weighted by Crippen LogP contribution is -2.42. The molecule has 128 valence electrons. The lowest BCUT2D eigenvalue weighted by molar-refractivity contribution is -0.134. The molecule has 4 rings (SSSR count). The first-order valence-electron chi connectivity index (χ1n) is 8.57. The molecule has 1 atom stereocenters. The third kappa shape index (κ3) is 2.85. The smallest absolute Gasteiger partial charge is 0.227 e. The van der Waals surface area contributed by atoms with Crippen LogP contribution in [0.1, 0.15) is 17.8 Å². The van der Waals surface area contributed by atoms with Crippen molar-refractivity contribution in [1.82, 2.24) is 19.5 Å². The molecule has 6 nitrogen and oxygen atoms in total. The van der Waals surface area contributed by atoms with Crippen molar-refractivity contribution in [2.75, 3.05) is 42.6 Å². The number of anilines is 1. The summed E-state index contributed by atoms with van der Waals surface area (Å²) in [6.45, 7) is 7.47. The second-order valence-electron chi connectivity index (χ2n) is 6.68. The van der Waals surface area contributed by atoms with E-state index in [4.69, 9.17) is 0 Å². The van der Waals surface area contributed by atoms with Gasteiger partial charge in [0.2, 0.25) is 5.91 Å². The maximum Gasteiger partial charge on any atom is 0.227 e. The maximum absolute atomic E-state index is 12.8. The van der Waals surface area contributed by atoms with Crippen molar-refractivity contribution in [2.45, 2.75) is 20.3 Å². The lowest BCUT2D eigenvalue weighted by atomic mass is 10.1. The highest BCUT2D eigenvalue weighted by molar-refractivity contribution is 7.99. The topological polar surface area (TPSA) is 53.7 Å². The highest BCUT2D eigenvalue weighted by Gasteiger charge is 2.33. The predicted molar refractivity (Wildman–Crippen MR) is 96.7 cm³/mol. The van der Waals surface area contributed by atoms with Gasteiger partial charge in [-0.05, 0) is 20.3 Å². The molecule has 0 bridgehead atoms. The van der Waals surface area contributed by atoms with Gasteiger partial charge in [-0.2, -0.15) is 21.4 Å². The number of nitrogens with zero attached hydrogens (tertiary/aromatic N) is 5. The highest BCUT2D eigenvalue weighted by atomic mass is 32.2. The summed E-state index contributed by atoms with van der Waals surface area (Å²) in [6, 6.07) is 4.07. The molecule has 0 radical (unpaired) electrons. The van der Waals surface area contributed by atoms with Crippen molar-refractivity contribution >= 4 is 29.1 Å². The number of rotatable bonds is 2. The van der Waals surface area contributed by atoms with Crippen LogP contribution in [-0.2, 0) is 4.79 Å². The van der Waals surface area contributed by atoms with Gasteiger partial charge in [-0.15, -0.1) is 0 Å². The largest absolute Gasteiger partial charge is 0.356 e. The molecule has 2 aliphatic heterocycles. The van der Waals surface area contributed by atoms with Crippen LogP contribution in [0.25, 0.3) is 5.65 Å². The van der Waals surface area contributed by atoms with E-state index in [0.29, 0.717) is 5.91 Å². The number of amides is 1. The van der Waals surface area contributed by atoms with E-state index in [1.165, 1.54) is 0 Å². The number of thioether (sulfide) groups is 1. The van der Waals surface area contributed by atoms with E-state index >= 15 is 0 Å². The molecule has 2 aromatic rings. The monoisotopic (exact) mass is 345 g/mol. The first-order valence-corrected chi connectivity index (χ1v) is 9.73. The summed E-state index contributed by atoms with van der Waals surface area (Å²) in [7, 11) is 0. The van der Waals surface area contributed by atoms with Gasteiger partial charge in [0, 0.05) is 55.5 Å². The number of fused-ring (bicyclic) bond motifs is 1. The van der Waals surface area contributed by atoms with Crippen LogP contribution in [0.4, 0.5) is 5.82 Å². The van der Waals surface area contributed by atoms with Crippen LogP contribution in [-0.4, -0.2) is 63.1 Å². The molecular formula is C17H23N5OS. The Kier molecular flexibility index (Phi) is 4.12. The van der Waals surface area contributed by atoms with Crippen molar-refractivity contribution in [1.29, 1.82) is 0 Å². The molecule has 2 fully saturated rings. The minimum absolute atomic E-state index is 0.105. The van der Waals surface area contributed by atoms with Gasteiger partial charge in [0.1, 0.15) is 5.82 Å². The molecule has 0 saturated carbocycles. The van der Waals surface area contributed by atoms with Crippen molar-refractivity contribution in [3.05, 3.63) is 23.5 Å². The van der Waals surface area contributed by atoms with Crippen LogP contribution in [0.3, 0.4) is 0 Å². The molecule has 0 aliphatic carbocycles. The van der Waals surface area contributed by atoms with Gasteiger partial charge >= 0.3 is 0 Å². The van der Waals surface area contributed by atoms with Gasteiger partial charge in [-0.3, -0.25) is 4.79 Å². The average Bonchev–Trinajstić information content (AvgIpc) is 3.20. The molecule has 0 aromatic carbocycles. The molecule has 2 saturated heterocycles. The van der Waals surface area contributed by atoms with Gasteiger partial charge in [-0.25, -0.2) is 4.98 Å². The summed E-state index contributed by atoms with van der Waals surface area (Å²) in [5, 5.41) is 4.57. The fraction of sp³-hybridized carbons (Fsp3) is 0.588. The molecule has 24 heavy (non-hydrogen) atoms. The Labute approximate surface area is 146 Å². The zero-order valence-corrected chi connectivity index (χ0v) is 15.1. The predicted octanol–water partition coefficient (Wildman–Crippen LogP) is 1.75. The van der Waals surface area contributed by atoms with Crippen LogP contribution in [0, 0.1) is 19.8 Å². The van der Waals surface area contributed by atoms with Crippen LogP contribution >= 0.6 is 11.8 Å². The van der Waals surface area contributed by atoms with E-state index in [0.717, 1.165) is 67.0 Å². The number of aromatic nitrogens is 3. The van der Waals surface area contributed by atoms with E-state index in [1.807, 2.05) is 36.2 Å². The number of hydrogen-bond acceptors (Lipinski definition) is 5.